The number of carbonyl (C=O) groups is 1. The van der Waals surface area contributed by atoms with Crippen molar-refractivity contribution in [2.24, 2.45) is 0 Å². The van der Waals surface area contributed by atoms with Gasteiger partial charge in [0.25, 0.3) is 0 Å². The number of carbonyl (C=O) groups excluding carboxylic acids is 1. The molecule has 9 heteroatoms. The third-order valence-electron chi connectivity index (χ3n) is 4.63. The summed E-state index contributed by atoms with van der Waals surface area (Å²) in [5, 5.41) is 0. The molecule has 1 heterocycles. The van der Waals surface area contributed by atoms with Crippen molar-refractivity contribution in [3.05, 3.63) is 35.9 Å². The minimum atomic E-state index is -0.348. The average Bonchev–Trinajstić information content (AvgIpc) is 2.86. The highest BCUT2D eigenvalue weighted by Crippen LogP contribution is 2.13. The maximum absolute atomic E-state index is 11.7. The monoisotopic (exact) mass is 470 g/mol. The van der Waals surface area contributed by atoms with Crippen molar-refractivity contribution >= 4 is 5.97 Å². The first-order valence-electron chi connectivity index (χ1n) is 11.7. The fraction of sp³-hybridized carbons (Fsp3) is 0.708. The van der Waals surface area contributed by atoms with E-state index in [2.05, 4.69) is 0 Å². The minimum absolute atomic E-state index is 0.0658. The molecule has 1 saturated heterocycles. The quantitative estimate of drug-likeness (QED) is 0.211. The van der Waals surface area contributed by atoms with E-state index in [4.69, 9.17) is 37.9 Å². The molecule has 0 saturated carbocycles. The summed E-state index contributed by atoms with van der Waals surface area (Å²) in [7, 11) is 0. The lowest BCUT2D eigenvalue weighted by atomic mass is 10.2. The molecule has 0 aromatic heterocycles. The molecule has 33 heavy (non-hydrogen) atoms. The fourth-order valence-electron chi connectivity index (χ4n) is 2.91. The van der Waals surface area contributed by atoms with Crippen molar-refractivity contribution in [3.63, 3.8) is 0 Å². The molecule has 1 aliphatic heterocycles. The Kier molecular flexibility index (Phi) is 16.6. The summed E-state index contributed by atoms with van der Waals surface area (Å²) in [6.07, 6.45) is 3.19. The highest BCUT2D eigenvalue weighted by molar-refractivity contribution is 5.89. The van der Waals surface area contributed by atoms with Gasteiger partial charge in [-0.2, -0.15) is 0 Å². The standard InChI is InChI=1S/C24H38O9/c25-24(22-6-2-1-3-7-22)33-21-19-30-17-15-28-13-11-26-10-12-27-14-16-29-18-20-32-23-8-4-5-9-31-23/h1-3,6-7,23H,4-5,8-21H2. The number of rotatable bonds is 20. The number of hydrogen-bond acceptors (Lipinski definition) is 9. The van der Waals surface area contributed by atoms with E-state index in [1.54, 1.807) is 24.3 Å². The Morgan fingerprint density at radius 3 is 1.73 bits per heavy atom. The first kappa shape index (κ1) is 27.7. The molecule has 2 rings (SSSR count). The lowest BCUT2D eigenvalue weighted by molar-refractivity contribution is -0.169. The van der Waals surface area contributed by atoms with Gasteiger partial charge in [0, 0.05) is 6.61 Å². The summed E-state index contributed by atoms with van der Waals surface area (Å²) in [4.78, 5) is 11.7. The smallest absolute Gasteiger partial charge is 0.338 e. The molecule has 9 nitrogen and oxygen atoms in total. The third-order valence-corrected chi connectivity index (χ3v) is 4.63. The Balaban J connectivity index is 1.22. The van der Waals surface area contributed by atoms with Crippen LogP contribution in [0.1, 0.15) is 29.6 Å². The molecule has 1 unspecified atom stereocenters. The highest BCUT2D eigenvalue weighted by atomic mass is 16.7. The van der Waals surface area contributed by atoms with Crippen LogP contribution in [0.2, 0.25) is 0 Å². The molecule has 1 fully saturated rings. The van der Waals surface area contributed by atoms with Crippen LogP contribution in [0.4, 0.5) is 0 Å². The van der Waals surface area contributed by atoms with E-state index in [0.717, 1.165) is 25.9 Å². The largest absolute Gasteiger partial charge is 0.460 e. The van der Waals surface area contributed by atoms with Gasteiger partial charge in [0.05, 0.1) is 78.2 Å². The van der Waals surface area contributed by atoms with Gasteiger partial charge in [-0.25, -0.2) is 4.79 Å². The summed E-state index contributed by atoms with van der Waals surface area (Å²) >= 11 is 0. The second-order valence-electron chi connectivity index (χ2n) is 7.23. The van der Waals surface area contributed by atoms with Crippen LogP contribution < -0.4 is 0 Å². The highest BCUT2D eigenvalue weighted by Gasteiger charge is 2.13. The van der Waals surface area contributed by atoms with Gasteiger partial charge >= 0.3 is 5.97 Å². The van der Waals surface area contributed by atoms with Crippen molar-refractivity contribution < 1.29 is 42.7 Å². The van der Waals surface area contributed by atoms with E-state index >= 15 is 0 Å². The molecule has 1 aromatic carbocycles. The third kappa shape index (κ3) is 15.0. The van der Waals surface area contributed by atoms with Crippen LogP contribution in [0, 0.1) is 0 Å². The van der Waals surface area contributed by atoms with Gasteiger partial charge in [0.1, 0.15) is 6.61 Å². The first-order chi connectivity index (χ1) is 16.4. The SMILES string of the molecule is O=C(OCCOCCOCCOCCOCCOCCOC1CCCCO1)c1ccccc1. The molecule has 0 spiro atoms. The van der Waals surface area contributed by atoms with Crippen molar-refractivity contribution in [3.8, 4) is 0 Å². The predicted molar refractivity (Wildman–Crippen MR) is 120 cm³/mol. The molecule has 0 aliphatic carbocycles. The van der Waals surface area contributed by atoms with Gasteiger partial charge in [0.15, 0.2) is 6.29 Å². The molecule has 1 atom stereocenters. The van der Waals surface area contributed by atoms with Gasteiger partial charge in [-0.05, 0) is 31.4 Å². The summed E-state index contributed by atoms with van der Waals surface area (Å²) in [6, 6.07) is 8.87. The van der Waals surface area contributed by atoms with Crippen LogP contribution in [0.5, 0.6) is 0 Å². The van der Waals surface area contributed by atoms with Gasteiger partial charge in [-0.15, -0.1) is 0 Å². The molecule has 0 radical (unpaired) electrons. The van der Waals surface area contributed by atoms with Gasteiger partial charge in [-0.1, -0.05) is 18.2 Å². The molecule has 1 aromatic rings. The van der Waals surface area contributed by atoms with Crippen LogP contribution in [0.3, 0.4) is 0 Å². The second-order valence-corrected chi connectivity index (χ2v) is 7.23. The van der Waals surface area contributed by atoms with Crippen LogP contribution in [-0.2, 0) is 37.9 Å². The van der Waals surface area contributed by atoms with Crippen LogP contribution in [0.15, 0.2) is 30.3 Å². The molecular weight excluding hydrogens is 432 g/mol. The maximum atomic E-state index is 11.7. The van der Waals surface area contributed by atoms with E-state index in [9.17, 15) is 4.79 Å². The Morgan fingerprint density at radius 1 is 0.697 bits per heavy atom. The normalized spacial score (nSPS) is 16.1. The number of benzene rings is 1. The van der Waals surface area contributed by atoms with Crippen molar-refractivity contribution in [1.82, 2.24) is 0 Å². The van der Waals surface area contributed by atoms with Crippen LogP contribution in [0.25, 0.3) is 0 Å². The Bertz CT molecular complexity index is 579. The second kappa shape index (κ2) is 19.8. The van der Waals surface area contributed by atoms with E-state index in [1.165, 1.54) is 0 Å². The first-order valence-corrected chi connectivity index (χ1v) is 11.7. The van der Waals surface area contributed by atoms with Crippen molar-refractivity contribution in [1.29, 1.82) is 0 Å². The Hall–Kier alpha value is -1.59. The predicted octanol–water partition coefficient (Wildman–Crippen LogP) is 2.47. The maximum Gasteiger partial charge on any atom is 0.338 e. The number of esters is 1. The lowest BCUT2D eigenvalue weighted by Gasteiger charge is -2.22. The average molecular weight is 471 g/mol. The van der Waals surface area contributed by atoms with Gasteiger partial charge < -0.3 is 37.9 Å². The summed E-state index contributed by atoms with van der Waals surface area (Å²) in [5.74, 6) is -0.348. The molecule has 0 bridgehead atoms. The van der Waals surface area contributed by atoms with E-state index in [1.807, 2.05) is 6.07 Å². The Morgan fingerprint density at radius 2 is 1.21 bits per heavy atom. The number of ether oxygens (including phenoxy) is 8. The van der Waals surface area contributed by atoms with Crippen molar-refractivity contribution in [2.45, 2.75) is 25.6 Å². The zero-order chi connectivity index (χ0) is 23.2. The Labute approximate surface area is 196 Å². The van der Waals surface area contributed by atoms with Gasteiger partial charge in [-0.3, -0.25) is 0 Å². The van der Waals surface area contributed by atoms with E-state index in [0.29, 0.717) is 78.2 Å². The molecule has 0 N–H and O–H groups in total. The van der Waals surface area contributed by atoms with Crippen LogP contribution in [-0.4, -0.2) is 98.1 Å². The molecular formula is C24H38O9. The lowest BCUT2D eigenvalue weighted by Crippen LogP contribution is -2.24. The van der Waals surface area contributed by atoms with E-state index < -0.39 is 0 Å². The van der Waals surface area contributed by atoms with E-state index in [-0.39, 0.29) is 18.9 Å². The molecule has 0 amide bonds. The molecule has 1 aliphatic rings. The van der Waals surface area contributed by atoms with Crippen LogP contribution >= 0.6 is 0 Å². The summed E-state index contributed by atoms with van der Waals surface area (Å²) in [6.45, 7) is 6.38. The minimum Gasteiger partial charge on any atom is -0.460 e. The zero-order valence-electron chi connectivity index (χ0n) is 19.5. The molecule has 188 valence electrons. The summed E-state index contributed by atoms with van der Waals surface area (Å²) in [5.41, 5.74) is 0.533. The summed E-state index contributed by atoms with van der Waals surface area (Å²) < 4.78 is 43.3. The topological polar surface area (TPSA) is 90.9 Å². The van der Waals surface area contributed by atoms with Crippen molar-refractivity contribution in [2.75, 3.05) is 85.9 Å². The van der Waals surface area contributed by atoms with Gasteiger partial charge in [0.2, 0.25) is 0 Å². The fourth-order valence-corrected chi connectivity index (χ4v) is 2.91. The number of hydrogen-bond donors (Lipinski definition) is 0. The zero-order valence-corrected chi connectivity index (χ0v) is 19.5.